The van der Waals surface area contributed by atoms with E-state index in [2.05, 4.69) is 29.7 Å². The molecule has 0 unspecified atom stereocenters. The van der Waals surface area contributed by atoms with Crippen molar-refractivity contribution < 1.29 is 4.79 Å². The molecule has 0 radical (unpaired) electrons. The van der Waals surface area contributed by atoms with Crippen molar-refractivity contribution >= 4 is 33.7 Å². The van der Waals surface area contributed by atoms with Crippen LogP contribution in [0.2, 0.25) is 0 Å². The second kappa shape index (κ2) is 5.82. The van der Waals surface area contributed by atoms with E-state index < -0.39 is 0 Å². The Kier molecular flexibility index (Phi) is 3.26. The van der Waals surface area contributed by atoms with Crippen LogP contribution in [0.25, 0.3) is 21.9 Å². The molecular formula is C21H20N6O. The number of piperazine rings is 1. The first-order valence-electron chi connectivity index (χ1n) is 9.71. The van der Waals surface area contributed by atoms with E-state index in [0.29, 0.717) is 0 Å². The molecule has 2 saturated heterocycles. The molecule has 5 heterocycles. The van der Waals surface area contributed by atoms with Crippen LogP contribution in [0.5, 0.6) is 0 Å². The molecule has 28 heavy (non-hydrogen) atoms. The largest absolute Gasteiger partial charge is 0.361 e. The molecule has 1 amide bonds. The van der Waals surface area contributed by atoms with Crippen molar-refractivity contribution in [2.75, 3.05) is 18.0 Å². The Morgan fingerprint density at radius 3 is 2.61 bits per heavy atom. The molecule has 2 N–H and O–H groups in total. The molecule has 140 valence electrons. The lowest BCUT2D eigenvalue weighted by Crippen LogP contribution is -2.56. The lowest BCUT2D eigenvalue weighted by molar-refractivity contribution is 0.0643. The van der Waals surface area contributed by atoms with Gasteiger partial charge in [-0.2, -0.15) is 0 Å². The number of benzene rings is 1. The molecule has 7 heteroatoms. The zero-order valence-electron chi connectivity index (χ0n) is 15.3. The van der Waals surface area contributed by atoms with Crippen LogP contribution in [-0.2, 0) is 0 Å². The summed E-state index contributed by atoms with van der Waals surface area (Å²) < 4.78 is 0. The van der Waals surface area contributed by atoms with E-state index in [-0.39, 0.29) is 18.0 Å². The Balaban J connectivity index is 1.33. The second-order valence-electron chi connectivity index (χ2n) is 7.68. The zero-order chi connectivity index (χ0) is 18.7. The van der Waals surface area contributed by atoms with Crippen LogP contribution in [0, 0.1) is 0 Å². The minimum atomic E-state index is 0.145. The number of carbonyl (C=O) groups is 1. The van der Waals surface area contributed by atoms with Gasteiger partial charge in [0.2, 0.25) is 0 Å². The van der Waals surface area contributed by atoms with Crippen molar-refractivity contribution in [1.82, 2.24) is 24.8 Å². The van der Waals surface area contributed by atoms with Gasteiger partial charge in [-0.15, -0.1) is 0 Å². The fourth-order valence-corrected chi connectivity index (χ4v) is 4.93. The average Bonchev–Trinajstić information content (AvgIpc) is 3.44. The molecule has 3 aromatic heterocycles. The summed E-state index contributed by atoms with van der Waals surface area (Å²) in [5.41, 5.74) is 2.65. The smallest absolute Gasteiger partial charge is 0.255 e. The number of hydrogen-bond acceptors (Lipinski definition) is 4. The maximum Gasteiger partial charge on any atom is 0.255 e. The van der Waals surface area contributed by atoms with Gasteiger partial charge in [-0.25, -0.2) is 9.97 Å². The molecular weight excluding hydrogens is 352 g/mol. The number of hydrogen-bond donors (Lipinski definition) is 2. The summed E-state index contributed by atoms with van der Waals surface area (Å²) in [4.78, 5) is 33.1. The number of carbonyl (C=O) groups excluding carboxylic acids is 1. The summed E-state index contributed by atoms with van der Waals surface area (Å²) in [6.45, 7) is 1.62. The van der Waals surface area contributed by atoms with Crippen LogP contribution >= 0.6 is 0 Å². The van der Waals surface area contributed by atoms with Crippen LogP contribution in [-0.4, -0.2) is 55.9 Å². The summed E-state index contributed by atoms with van der Waals surface area (Å²) >= 11 is 0. The van der Waals surface area contributed by atoms with Gasteiger partial charge in [0, 0.05) is 41.9 Å². The fourth-order valence-electron chi connectivity index (χ4n) is 4.93. The molecule has 4 aromatic rings. The maximum absolute atomic E-state index is 13.4. The van der Waals surface area contributed by atoms with Gasteiger partial charge in [0.25, 0.3) is 5.91 Å². The highest BCUT2D eigenvalue weighted by molar-refractivity contribution is 6.06. The quantitative estimate of drug-likeness (QED) is 0.567. The number of aromatic nitrogens is 4. The fraction of sp³-hybridized carbons (Fsp3) is 0.286. The predicted octanol–water partition coefficient (Wildman–Crippen LogP) is 2.93. The molecule has 0 saturated carbocycles. The van der Waals surface area contributed by atoms with E-state index in [1.54, 1.807) is 6.33 Å². The minimum absolute atomic E-state index is 0.145. The maximum atomic E-state index is 13.4. The van der Waals surface area contributed by atoms with Gasteiger partial charge in [-0.3, -0.25) is 4.79 Å². The number of fused-ring (bicyclic) bond motifs is 4. The number of amides is 1. The van der Waals surface area contributed by atoms with Gasteiger partial charge < -0.3 is 19.8 Å². The van der Waals surface area contributed by atoms with E-state index in [0.717, 1.165) is 59.2 Å². The Morgan fingerprint density at radius 2 is 1.75 bits per heavy atom. The molecule has 6 rings (SSSR count). The highest BCUT2D eigenvalue weighted by atomic mass is 16.2. The van der Waals surface area contributed by atoms with Crippen LogP contribution in [0.1, 0.15) is 23.2 Å². The third-order valence-electron chi connectivity index (χ3n) is 6.17. The number of H-pyrrole nitrogens is 2. The van der Waals surface area contributed by atoms with E-state index in [1.165, 1.54) is 0 Å². The van der Waals surface area contributed by atoms with Gasteiger partial charge in [0.1, 0.15) is 17.8 Å². The summed E-state index contributed by atoms with van der Waals surface area (Å²) in [7, 11) is 0. The first-order valence-corrected chi connectivity index (χ1v) is 9.71. The summed E-state index contributed by atoms with van der Waals surface area (Å²) in [6.07, 6.45) is 7.48. The van der Waals surface area contributed by atoms with Gasteiger partial charge in [-0.1, -0.05) is 6.07 Å². The zero-order valence-corrected chi connectivity index (χ0v) is 15.3. The van der Waals surface area contributed by atoms with Crippen molar-refractivity contribution in [3.05, 3.63) is 54.6 Å². The summed E-state index contributed by atoms with van der Waals surface area (Å²) in [6, 6.07) is 10.3. The predicted molar refractivity (Wildman–Crippen MR) is 107 cm³/mol. The number of nitrogens with zero attached hydrogens (tertiary/aromatic N) is 4. The third-order valence-corrected chi connectivity index (χ3v) is 6.17. The van der Waals surface area contributed by atoms with Crippen molar-refractivity contribution in [1.29, 1.82) is 0 Å². The van der Waals surface area contributed by atoms with Crippen molar-refractivity contribution in [3.8, 4) is 0 Å². The number of anilines is 1. The Hall–Kier alpha value is -3.35. The lowest BCUT2D eigenvalue weighted by Gasteiger charge is -2.41. The molecule has 1 aromatic carbocycles. The summed E-state index contributed by atoms with van der Waals surface area (Å²) in [5, 5.41) is 2.04. The van der Waals surface area contributed by atoms with E-state index in [1.807, 2.05) is 42.7 Å². The topological polar surface area (TPSA) is 80.9 Å². The number of rotatable bonds is 2. The standard InChI is InChI=1S/C21H20N6O/c28-21(16-2-1-3-18-15(16)6-8-22-18)27-13-4-5-14(27)11-26(10-13)20-17-7-9-23-19(17)24-12-25-20/h1-3,6-9,12-14,22H,4-5,10-11H2,(H,23,24,25)/t13-,14+. The Morgan fingerprint density at radius 1 is 0.964 bits per heavy atom. The van der Waals surface area contributed by atoms with Crippen LogP contribution < -0.4 is 4.90 Å². The Bertz CT molecular complexity index is 1180. The number of aromatic amines is 2. The molecule has 7 nitrogen and oxygen atoms in total. The van der Waals surface area contributed by atoms with Crippen molar-refractivity contribution in [2.24, 2.45) is 0 Å². The van der Waals surface area contributed by atoms with Gasteiger partial charge in [-0.05, 0) is 37.1 Å². The SMILES string of the molecule is O=C(c1cccc2[nH]ccc12)N1[C@@H]2CC[C@H]1CN(c1ncnc3[nH]ccc13)C2. The normalized spacial score (nSPS) is 21.7. The average molecular weight is 372 g/mol. The molecule has 2 aliphatic heterocycles. The molecule has 2 bridgehead atoms. The van der Waals surface area contributed by atoms with Crippen molar-refractivity contribution in [3.63, 3.8) is 0 Å². The second-order valence-corrected chi connectivity index (χ2v) is 7.68. The highest BCUT2D eigenvalue weighted by Crippen LogP contribution is 2.35. The van der Waals surface area contributed by atoms with Crippen LogP contribution in [0.3, 0.4) is 0 Å². The highest BCUT2D eigenvalue weighted by Gasteiger charge is 2.43. The molecule has 2 aliphatic rings. The first kappa shape index (κ1) is 15.7. The van der Waals surface area contributed by atoms with E-state index >= 15 is 0 Å². The Labute approximate surface area is 161 Å². The lowest BCUT2D eigenvalue weighted by atomic mass is 10.1. The minimum Gasteiger partial charge on any atom is -0.361 e. The van der Waals surface area contributed by atoms with Crippen LogP contribution in [0.15, 0.2) is 49.1 Å². The van der Waals surface area contributed by atoms with Gasteiger partial charge in [0.15, 0.2) is 0 Å². The molecule has 2 fully saturated rings. The van der Waals surface area contributed by atoms with Crippen LogP contribution in [0.4, 0.5) is 5.82 Å². The monoisotopic (exact) mass is 372 g/mol. The third kappa shape index (κ3) is 2.19. The number of nitrogens with one attached hydrogen (secondary N) is 2. The van der Waals surface area contributed by atoms with Gasteiger partial charge in [0.05, 0.1) is 17.5 Å². The first-order chi connectivity index (χ1) is 13.8. The summed E-state index contributed by atoms with van der Waals surface area (Å²) in [5.74, 6) is 1.11. The molecule has 2 atom stereocenters. The van der Waals surface area contributed by atoms with Gasteiger partial charge >= 0.3 is 0 Å². The van der Waals surface area contributed by atoms with E-state index in [9.17, 15) is 4.79 Å². The molecule has 0 spiro atoms. The van der Waals surface area contributed by atoms with Crippen molar-refractivity contribution in [2.45, 2.75) is 24.9 Å². The van der Waals surface area contributed by atoms with E-state index in [4.69, 9.17) is 0 Å². The molecule has 0 aliphatic carbocycles.